The second kappa shape index (κ2) is 7.48. The molecule has 0 aromatic heterocycles. The molecule has 1 aliphatic heterocycles. The Kier molecular flexibility index (Phi) is 5.14. The summed E-state index contributed by atoms with van der Waals surface area (Å²) < 4.78 is 26.1. The number of hydrogen-bond acceptors (Lipinski definition) is 1. The Balaban J connectivity index is 1.69. The van der Waals surface area contributed by atoms with E-state index in [2.05, 4.69) is 18.8 Å². The van der Waals surface area contributed by atoms with Crippen LogP contribution in [0.3, 0.4) is 0 Å². The van der Waals surface area contributed by atoms with Crippen molar-refractivity contribution in [3.05, 3.63) is 70.8 Å². The van der Waals surface area contributed by atoms with Crippen LogP contribution < -0.4 is 0 Å². The van der Waals surface area contributed by atoms with Gasteiger partial charge in [-0.3, -0.25) is 4.79 Å². The molecule has 2 aromatic carbocycles. The highest BCUT2D eigenvalue weighted by molar-refractivity contribution is 5.94. The van der Waals surface area contributed by atoms with Gasteiger partial charge < -0.3 is 4.90 Å². The number of carbonyl (C=O) groups is 1. The lowest BCUT2D eigenvalue weighted by Crippen LogP contribution is -2.37. The highest BCUT2D eigenvalue weighted by Crippen LogP contribution is 2.18. The van der Waals surface area contributed by atoms with E-state index in [-0.39, 0.29) is 5.91 Å². The van der Waals surface area contributed by atoms with Gasteiger partial charge in [-0.05, 0) is 61.2 Å². The van der Waals surface area contributed by atoms with Crippen LogP contribution in [-0.4, -0.2) is 23.9 Å². The van der Waals surface area contributed by atoms with Crippen LogP contribution in [0.5, 0.6) is 0 Å². The van der Waals surface area contributed by atoms with E-state index in [1.165, 1.54) is 6.07 Å². The van der Waals surface area contributed by atoms with Crippen molar-refractivity contribution in [1.82, 2.24) is 4.90 Å². The van der Waals surface area contributed by atoms with Gasteiger partial charge in [-0.2, -0.15) is 0 Å². The predicted octanol–water partition coefficient (Wildman–Crippen LogP) is 4.24. The Hall–Kier alpha value is -2.67. The quantitative estimate of drug-likeness (QED) is 0.712. The summed E-state index contributed by atoms with van der Waals surface area (Å²) in [7, 11) is 0. The van der Waals surface area contributed by atoms with Gasteiger partial charge in [0, 0.05) is 29.8 Å². The van der Waals surface area contributed by atoms with Crippen LogP contribution in [0.1, 0.15) is 41.3 Å². The Morgan fingerprint density at radius 2 is 1.56 bits per heavy atom. The summed E-state index contributed by atoms with van der Waals surface area (Å²) in [6, 6.07) is 10.6. The van der Waals surface area contributed by atoms with Crippen LogP contribution in [-0.2, 0) is 0 Å². The highest BCUT2D eigenvalue weighted by Gasteiger charge is 2.21. The molecule has 3 rings (SSSR count). The van der Waals surface area contributed by atoms with Crippen molar-refractivity contribution in [1.29, 1.82) is 0 Å². The SMILES string of the molecule is CC1CCN(C(=O)c2ccc(C#Cc3ccc(F)c(F)c3)cc2)CC1. The molecule has 0 atom stereocenters. The van der Waals surface area contributed by atoms with Crippen LogP contribution >= 0.6 is 0 Å². The number of nitrogens with zero attached hydrogens (tertiary/aromatic N) is 1. The fourth-order valence-corrected chi connectivity index (χ4v) is 2.81. The summed E-state index contributed by atoms with van der Waals surface area (Å²) in [4.78, 5) is 14.4. The number of likely N-dealkylation sites (tertiary alicyclic amines) is 1. The van der Waals surface area contributed by atoms with Crippen LogP contribution in [0.25, 0.3) is 0 Å². The Labute approximate surface area is 146 Å². The largest absolute Gasteiger partial charge is 0.339 e. The standard InChI is InChI=1S/C21H19F2NO/c1-15-10-12-24(13-11-15)21(25)18-7-4-16(5-8-18)2-3-17-6-9-19(22)20(23)14-17/h4-9,14-15H,10-13H2,1H3. The molecule has 128 valence electrons. The molecule has 2 nitrogen and oxygen atoms in total. The fourth-order valence-electron chi connectivity index (χ4n) is 2.81. The third kappa shape index (κ3) is 4.24. The summed E-state index contributed by atoms with van der Waals surface area (Å²) in [5, 5.41) is 0. The van der Waals surface area contributed by atoms with Crippen molar-refractivity contribution >= 4 is 5.91 Å². The van der Waals surface area contributed by atoms with Crippen molar-refractivity contribution in [2.45, 2.75) is 19.8 Å². The van der Waals surface area contributed by atoms with Crippen molar-refractivity contribution in [2.75, 3.05) is 13.1 Å². The van der Waals surface area contributed by atoms with Gasteiger partial charge in [0.1, 0.15) is 0 Å². The first-order valence-electron chi connectivity index (χ1n) is 8.39. The first kappa shape index (κ1) is 17.2. The number of amides is 1. The van der Waals surface area contributed by atoms with Gasteiger partial charge in [0.2, 0.25) is 0 Å². The van der Waals surface area contributed by atoms with Gasteiger partial charge in [0.05, 0.1) is 0 Å². The average molecular weight is 339 g/mol. The van der Waals surface area contributed by atoms with E-state index in [1.807, 2.05) is 4.90 Å². The molecule has 0 N–H and O–H groups in total. The molecule has 1 heterocycles. The van der Waals surface area contributed by atoms with E-state index >= 15 is 0 Å². The van der Waals surface area contributed by atoms with Gasteiger partial charge in [-0.25, -0.2) is 8.78 Å². The molecule has 1 fully saturated rings. The maximum atomic E-state index is 13.2. The van der Waals surface area contributed by atoms with Crippen molar-refractivity contribution in [3.8, 4) is 11.8 Å². The highest BCUT2D eigenvalue weighted by atomic mass is 19.2. The minimum atomic E-state index is -0.913. The second-order valence-electron chi connectivity index (χ2n) is 6.43. The molecule has 4 heteroatoms. The normalized spacial score (nSPS) is 14.8. The second-order valence-corrected chi connectivity index (χ2v) is 6.43. The van der Waals surface area contributed by atoms with Crippen molar-refractivity contribution < 1.29 is 13.6 Å². The third-order valence-corrected chi connectivity index (χ3v) is 4.47. The van der Waals surface area contributed by atoms with Gasteiger partial charge in [0.15, 0.2) is 11.6 Å². The number of halogens is 2. The number of carbonyl (C=O) groups excluding carboxylic acids is 1. The summed E-state index contributed by atoms with van der Waals surface area (Å²) in [6.07, 6.45) is 2.09. The lowest BCUT2D eigenvalue weighted by molar-refractivity contribution is 0.0697. The minimum Gasteiger partial charge on any atom is -0.339 e. The molecule has 0 bridgehead atoms. The monoisotopic (exact) mass is 339 g/mol. The third-order valence-electron chi connectivity index (χ3n) is 4.47. The number of piperidine rings is 1. The topological polar surface area (TPSA) is 20.3 Å². The summed E-state index contributed by atoms with van der Waals surface area (Å²) >= 11 is 0. The van der Waals surface area contributed by atoms with Crippen LogP contribution in [0.2, 0.25) is 0 Å². The molecule has 1 aliphatic rings. The van der Waals surface area contributed by atoms with Gasteiger partial charge in [-0.15, -0.1) is 0 Å². The molecule has 0 aliphatic carbocycles. The lowest BCUT2D eigenvalue weighted by Gasteiger charge is -2.30. The molecule has 0 unspecified atom stereocenters. The minimum absolute atomic E-state index is 0.0482. The molecule has 25 heavy (non-hydrogen) atoms. The molecule has 1 saturated heterocycles. The fraction of sp³-hybridized carbons (Fsp3) is 0.286. The first-order chi connectivity index (χ1) is 12.0. The molecule has 0 radical (unpaired) electrons. The van der Waals surface area contributed by atoms with Gasteiger partial charge in [0.25, 0.3) is 5.91 Å². The maximum Gasteiger partial charge on any atom is 0.253 e. The molecule has 0 spiro atoms. The number of benzene rings is 2. The summed E-state index contributed by atoms with van der Waals surface area (Å²) in [5.74, 6) is 4.61. The first-order valence-corrected chi connectivity index (χ1v) is 8.39. The molecule has 1 amide bonds. The number of rotatable bonds is 1. The van der Waals surface area contributed by atoms with Crippen LogP contribution in [0.15, 0.2) is 42.5 Å². The van der Waals surface area contributed by atoms with E-state index in [9.17, 15) is 13.6 Å². The van der Waals surface area contributed by atoms with Gasteiger partial charge >= 0.3 is 0 Å². The van der Waals surface area contributed by atoms with E-state index < -0.39 is 11.6 Å². The van der Waals surface area contributed by atoms with Crippen LogP contribution in [0.4, 0.5) is 8.78 Å². The summed E-state index contributed by atoms with van der Waals surface area (Å²) in [6.45, 7) is 3.82. The van der Waals surface area contributed by atoms with Crippen molar-refractivity contribution in [3.63, 3.8) is 0 Å². The lowest BCUT2D eigenvalue weighted by atomic mass is 9.98. The summed E-state index contributed by atoms with van der Waals surface area (Å²) in [5.41, 5.74) is 1.77. The smallest absolute Gasteiger partial charge is 0.253 e. The van der Waals surface area contributed by atoms with E-state index in [0.29, 0.717) is 22.6 Å². The zero-order valence-electron chi connectivity index (χ0n) is 14.1. The molecular weight excluding hydrogens is 320 g/mol. The van der Waals surface area contributed by atoms with Crippen LogP contribution in [0, 0.1) is 29.4 Å². The molecule has 2 aromatic rings. The average Bonchev–Trinajstić information content (AvgIpc) is 2.63. The van der Waals surface area contributed by atoms with E-state index in [0.717, 1.165) is 38.1 Å². The molecular formula is C21H19F2NO. The Morgan fingerprint density at radius 3 is 2.20 bits per heavy atom. The van der Waals surface area contributed by atoms with Crippen molar-refractivity contribution in [2.24, 2.45) is 5.92 Å². The number of hydrogen-bond donors (Lipinski definition) is 0. The van der Waals surface area contributed by atoms with E-state index in [4.69, 9.17) is 0 Å². The Morgan fingerprint density at radius 1 is 0.960 bits per heavy atom. The van der Waals surface area contributed by atoms with E-state index in [1.54, 1.807) is 24.3 Å². The zero-order valence-corrected chi connectivity index (χ0v) is 14.1. The Bertz CT molecular complexity index is 825. The predicted molar refractivity (Wildman–Crippen MR) is 93.1 cm³/mol. The maximum absolute atomic E-state index is 13.2. The zero-order chi connectivity index (χ0) is 17.8. The van der Waals surface area contributed by atoms with Gasteiger partial charge in [-0.1, -0.05) is 18.8 Å². The molecule has 0 saturated carbocycles.